The first-order valence-corrected chi connectivity index (χ1v) is 4.61. The van der Waals surface area contributed by atoms with Crippen molar-refractivity contribution in [3.05, 3.63) is 28.3 Å². The summed E-state index contributed by atoms with van der Waals surface area (Å²) in [5.41, 5.74) is 1.35. The van der Waals surface area contributed by atoms with Crippen molar-refractivity contribution in [2.75, 3.05) is 0 Å². The number of rotatable bonds is 3. The van der Waals surface area contributed by atoms with Crippen LogP contribution in [0.2, 0.25) is 4.34 Å². The monoisotopic (exact) mass is 173 g/mol. The van der Waals surface area contributed by atoms with Crippen LogP contribution in [0.5, 0.6) is 0 Å². The van der Waals surface area contributed by atoms with E-state index in [1.54, 1.807) is 11.3 Å². The zero-order valence-electron chi connectivity index (χ0n) is 5.77. The van der Waals surface area contributed by atoms with Gasteiger partial charge in [-0.3, -0.25) is 0 Å². The highest BCUT2D eigenvalue weighted by Crippen LogP contribution is 2.20. The van der Waals surface area contributed by atoms with Crippen molar-refractivity contribution < 1.29 is 0 Å². The van der Waals surface area contributed by atoms with E-state index in [-0.39, 0.29) is 0 Å². The number of thiophene rings is 1. The molecule has 0 unspecified atom stereocenters. The van der Waals surface area contributed by atoms with Gasteiger partial charge in [-0.25, -0.2) is 0 Å². The fourth-order valence-corrected chi connectivity index (χ4v) is 1.75. The molecule has 0 saturated carbocycles. The third-order valence-corrected chi connectivity index (χ3v) is 2.48. The van der Waals surface area contributed by atoms with E-state index in [4.69, 9.17) is 11.6 Å². The molecule has 0 aromatic carbocycles. The number of aryl methyl sites for hydroxylation is 1. The summed E-state index contributed by atoms with van der Waals surface area (Å²) in [5.74, 6) is 0. The molecule has 1 heterocycles. The van der Waals surface area contributed by atoms with Gasteiger partial charge in [0, 0.05) is 0 Å². The summed E-state index contributed by atoms with van der Waals surface area (Å²) in [5, 5.41) is 2.11. The lowest BCUT2D eigenvalue weighted by atomic mass is 10.2. The Balaban J connectivity index is 2.42. The fraction of sp³-hybridized carbons (Fsp3) is 0.375. The van der Waals surface area contributed by atoms with Gasteiger partial charge in [0.15, 0.2) is 0 Å². The molecule has 0 N–H and O–H groups in total. The van der Waals surface area contributed by atoms with E-state index < -0.39 is 0 Å². The van der Waals surface area contributed by atoms with Crippen molar-refractivity contribution in [3.63, 3.8) is 0 Å². The van der Waals surface area contributed by atoms with Crippen LogP contribution in [0.3, 0.4) is 0 Å². The molecule has 0 amide bonds. The maximum atomic E-state index is 5.74. The predicted octanol–water partition coefficient (Wildman–Crippen LogP) is 3.56. The van der Waals surface area contributed by atoms with Crippen molar-refractivity contribution in [1.82, 2.24) is 0 Å². The SMILES string of the molecule is [CH2]CCCc1csc(Cl)c1. The Bertz CT molecular complexity index is 193. The van der Waals surface area contributed by atoms with E-state index in [9.17, 15) is 0 Å². The minimum absolute atomic E-state index is 0.888. The molecule has 1 aromatic heterocycles. The summed E-state index contributed by atoms with van der Waals surface area (Å²) in [6.45, 7) is 3.78. The second-order valence-electron chi connectivity index (χ2n) is 2.22. The summed E-state index contributed by atoms with van der Waals surface area (Å²) in [6.07, 6.45) is 3.28. The van der Waals surface area contributed by atoms with Gasteiger partial charge in [0.25, 0.3) is 0 Å². The van der Waals surface area contributed by atoms with Crippen molar-refractivity contribution >= 4 is 22.9 Å². The summed E-state index contributed by atoms with van der Waals surface area (Å²) in [6, 6.07) is 2.03. The number of hydrogen-bond acceptors (Lipinski definition) is 1. The van der Waals surface area contributed by atoms with Crippen molar-refractivity contribution in [2.45, 2.75) is 19.3 Å². The van der Waals surface area contributed by atoms with Crippen LogP contribution >= 0.6 is 22.9 Å². The van der Waals surface area contributed by atoms with E-state index in [0.29, 0.717) is 0 Å². The van der Waals surface area contributed by atoms with E-state index in [1.165, 1.54) is 5.56 Å². The molecular formula is C8H10ClS. The van der Waals surface area contributed by atoms with Gasteiger partial charge in [0.2, 0.25) is 0 Å². The lowest BCUT2D eigenvalue weighted by Gasteiger charge is -1.90. The van der Waals surface area contributed by atoms with Gasteiger partial charge >= 0.3 is 0 Å². The van der Waals surface area contributed by atoms with Gasteiger partial charge in [-0.15, -0.1) is 11.3 Å². The van der Waals surface area contributed by atoms with E-state index in [2.05, 4.69) is 12.3 Å². The highest BCUT2D eigenvalue weighted by molar-refractivity contribution is 7.14. The molecule has 0 fully saturated rings. The van der Waals surface area contributed by atoms with Gasteiger partial charge in [-0.2, -0.15) is 0 Å². The molecule has 0 aliphatic heterocycles. The fourth-order valence-electron chi connectivity index (χ4n) is 0.806. The lowest BCUT2D eigenvalue weighted by molar-refractivity contribution is 0.844. The molecule has 0 aliphatic rings. The second kappa shape index (κ2) is 3.99. The molecule has 55 valence electrons. The van der Waals surface area contributed by atoms with Crippen molar-refractivity contribution in [1.29, 1.82) is 0 Å². The Hall–Kier alpha value is -0.0100. The average Bonchev–Trinajstić information content (AvgIpc) is 2.31. The van der Waals surface area contributed by atoms with Crippen LogP contribution in [0.4, 0.5) is 0 Å². The first kappa shape index (κ1) is 8.09. The van der Waals surface area contributed by atoms with Crippen molar-refractivity contribution in [3.8, 4) is 0 Å². The minimum Gasteiger partial charge on any atom is -0.132 e. The summed E-state index contributed by atoms with van der Waals surface area (Å²) in [7, 11) is 0. The van der Waals surface area contributed by atoms with Crippen LogP contribution < -0.4 is 0 Å². The Kier molecular flexibility index (Phi) is 3.23. The Labute approximate surface area is 70.8 Å². The predicted molar refractivity (Wildman–Crippen MR) is 47.6 cm³/mol. The summed E-state index contributed by atoms with van der Waals surface area (Å²) >= 11 is 7.34. The Morgan fingerprint density at radius 2 is 2.40 bits per heavy atom. The average molecular weight is 174 g/mol. The molecular weight excluding hydrogens is 164 g/mol. The van der Waals surface area contributed by atoms with Crippen LogP contribution in [0.1, 0.15) is 18.4 Å². The Morgan fingerprint density at radius 3 is 2.90 bits per heavy atom. The number of hydrogen-bond donors (Lipinski definition) is 0. The van der Waals surface area contributed by atoms with Crippen LogP contribution in [0.25, 0.3) is 0 Å². The second-order valence-corrected chi connectivity index (χ2v) is 3.76. The first-order valence-electron chi connectivity index (χ1n) is 3.35. The lowest BCUT2D eigenvalue weighted by Crippen LogP contribution is -1.78. The van der Waals surface area contributed by atoms with E-state index >= 15 is 0 Å². The molecule has 1 radical (unpaired) electrons. The maximum absolute atomic E-state index is 5.74. The smallest absolute Gasteiger partial charge is 0.0931 e. The molecule has 0 atom stereocenters. The van der Waals surface area contributed by atoms with Crippen LogP contribution in [0, 0.1) is 6.92 Å². The van der Waals surface area contributed by atoms with Crippen molar-refractivity contribution in [2.24, 2.45) is 0 Å². The van der Waals surface area contributed by atoms with Crippen LogP contribution in [0.15, 0.2) is 11.4 Å². The zero-order valence-corrected chi connectivity index (χ0v) is 7.34. The molecule has 0 bridgehead atoms. The number of unbranched alkanes of at least 4 members (excludes halogenated alkanes) is 1. The van der Waals surface area contributed by atoms with Gasteiger partial charge < -0.3 is 0 Å². The van der Waals surface area contributed by atoms with Crippen LogP contribution in [-0.2, 0) is 6.42 Å². The molecule has 1 aromatic rings. The zero-order chi connectivity index (χ0) is 7.40. The quantitative estimate of drug-likeness (QED) is 0.656. The summed E-state index contributed by atoms with van der Waals surface area (Å²) in [4.78, 5) is 0. The third kappa shape index (κ3) is 2.31. The third-order valence-electron chi connectivity index (χ3n) is 1.34. The van der Waals surface area contributed by atoms with Gasteiger partial charge in [0.05, 0.1) is 4.34 Å². The molecule has 2 heteroatoms. The van der Waals surface area contributed by atoms with Gasteiger partial charge in [0.1, 0.15) is 0 Å². The maximum Gasteiger partial charge on any atom is 0.0931 e. The Morgan fingerprint density at radius 1 is 1.60 bits per heavy atom. The largest absolute Gasteiger partial charge is 0.132 e. The van der Waals surface area contributed by atoms with E-state index in [1.807, 2.05) is 6.07 Å². The molecule has 0 spiro atoms. The highest BCUT2D eigenvalue weighted by Gasteiger charge is 1.95. The normalized spacial score (nSPS) is 10.2. The molecule has 0 saturated heterocycles. The van der Waals surface area contributed by atoms with Gasteiger partial charge in [-0.1, -0.05) is 24.9 Å². The van der Waals surface area contributed by atoms with E-state index in [0.717, 1.165) is 23.6 Å². The molecule has 0 nitrogen and oxygen atoms in total. The number of halogens is 1. The van der Waals surface area contributed by atoms with Crippen LogP contribution in [-0.4, -0.2) is 0 Å². The summed E-state index contributed by atoms with van der Waals surface area (Å²) < 4.78 is 0.888. The molecule has 1 rings (SSSR count). The molecule has 0 aliphatic carbocycles. The topological polar surface area (TPSA) is 0 Å². The highest BCUT2D eigenvalue weighted by atomic mass is 35.5. The first-order chi connectivity index (χ1) is 4.83. The standard InChI is InChI=1S/C8H10ClS/c1-2-3-4-7-5-8(9)10-6-7/h5-6H,1-4H2. The molecule has 10 heavy (non-hydrogen) atoms. The minimum atomic E-state index is 0.888. The van der Waals surface area contributed by atoms with Gasteiger partial charge in [-0.05, 0) is 29.9 Å².